The summed E-state index contributed by atoms with van der Waals surface area (Å²) in [5.74, 6) is 0.745. The molecular weight excluding hydrogens is 408 g/mol. The molecule has 3 rings (SSSR count). The number of esters is 1. The summed E-state index contributed by atoms with van der Waals surface area (Å²) in [6.07, 6.45) is 8.46. The molecule has 1 unspecified atom stereocenters. The number of aromatic nitrogens is 1. The predicted molar refractivity (Wildman–Crippen MR) is 125 cm³/mol. The highest BCUT2D eigenvalue weighted by molar-refractivity contribution is 5.89. The number of fused-ring (bicyclic) bond motifs is 3. The Kier molecular flexibility index (Phi) is 8.33. The first kappa shape index (κ1) is 23.9. The summed E-state index contributed by atoms with van der Waals surface area (Å²) in [4.78, 5) is 24.8. The van der Waals surface area contributed by atoms with Crippen molar-refractivity contribution in [2.45, 2.75) is 57.9 Å². The molecule has 0 aliphatic carbocycles. The molecule has 1 aliphatic rings. The van der Waals surface area contributed by atoms with Crippen molar-refractivity contribution in [1.82, 2.24) is 4.57 Å². The summed E-state index contributed by atoms with van der Waals surface area (Å²) in [5, 5.41) is 0. The fraction of sp³-hybridized carbons (Fsp3) is 0.520. The topological polar surface area (TPSA) is 92.8 Å². The highest BCUT2D eigenvalue weighted by Crippen LogP contribution is 2.40. The maximum Gasteiger partial charge on any atom is 0.343 e. The molecule has 1 aliphatic heterocycles. The lowest BCUT2D eigenvalue weighted by Crippen LogP contribution is -2.21. The Morgan fingerprint density at radius 1 is 1.12 bits per heavy atom. The van der Waals surface area contributed by atoms with Crippen LogP contribution in [-0.4, -0.2) is 37.9 Å². The smallest absolute Gasteiger partial charge is 0.343 e. The van der Waals surface area contributed by atoms with Crippen molar-refractivity contribution in [3.63, 3.8) is 0 Å². The van der Waals surface area contributed by atoms with Gasteiger partial charge in [0, 0.05) is 23.9 Å². The zero-order valence-electron chi connectivity index (χ0n) is 19.3. The van der Waals surface area contributed by atoms with E-state index in [1.807, 2.05) is 16.7 Å². The normalized spacial score (nSPS) is 14.8. The van der Waals surface area contributed by atoms with Crippen LogP contribution in [0.1, 0.15) is 67.4 Å². The van der Waals surface area contributed by atoms with Gasteiger partial charge in [-0.2, -0.15) is 0 Å². The predicted octanol–water partition coefficient (Wildman–Crippen LogP) is 4.11. The molecule has 0 saturated carbocycles. The number of nitrogens with two attached hydrogens (primary N) is 1. The number of benzene rings is 1. The molecule has 0 fully saturated rings. The third-order valence-corrected chi connectivity index (χ3v) is 6.12. The third kappa shape index (κ3) is 5.15. The summed E-state index contributed by atoms with van der Waals surface area (Å²) >= 11 is 0. The molecule has 0 spiro atoms. The number of ether oxygens (including phenoxy) is 3. The van der Waals surface area contributed by atoms with Gasteiger partial charge in [0.1, 0.15) is 5.56 Å². The van der Waals surface area contributed by atoms with Crippen molar-refractivity contribution in [1.29, 1.82) is 0 Å². The number of pyridine rings is 1. The average molecular weight is 443 g/mol. The standard InChI is InChI=1S/C25H34N2O5/c1-4-18-10-9-17-13-24(32-12-8-6-5-7-11-26)23(30-2)14-19(17)21-15-22(28)20(16-27(18)21)25(29)31-3/h13-16,18H,4-12,26H2,1-3H3. The molecule has 7 heteroatoms. The first-order valence-electron chi connectivity index (χ1n) is 11.4. The van der Waals surface area contributed by atoms with Gasteiger partial charge in [0.2, 0.25) is 0 Å². The van der Waals surface area contributed by atoms with Crippen molar-refractivity contribution in [3.8, 4) is 22.8 Å². The molecule has 7 nitrogen and oxygen atoms in total. The minimum absolute atomic E-state index is 0.0553. The van der Waals surface area contributed by atoms with Crippen LogP contribution in [0.2, 0.25) is 0 Å². The minimum Gasteiger partial charge on any atom is -0.493 e. The number of unbranched alkanes of at least 4 members (excludes halogenated alkanes) is 3. The van der Waals surface area contributed by atoms with Gasteiger partial charge < -0.3 is 24.5 Å². The number of carbonyl (C=O) groups is 1. The van der Waals surface area contributed by atoms with Crippen LogP contribution in [0.15, 0.2) is 29.2 Å². The van der Waals surface area contributed by atoms with Crippen molar-refractivity contribution in [3.05, 3.63) is 45.7 Å². The van der Waals surface area contributed by atoms with Crippen LogP contribution >= 0.6 is 0 Å². The van der Waals surface area contributed by atoms with Crippen LogP contribution in [0.4, 0.5) is 0 Å². The molecule has 1 aromatic carbocycles. The molecular formula is C25H34N2O5. The highest BCUT2D eigenvalue weighted by Gasteiger charge is 2.25. The fourth-order valence-electron chi connectivity index (χ4n) is 4.29. The third-order valence-electron chi connectivity index (χ3n) is 6.12. The molecule has 2 N–H and O–H groups in total. The second-order valence-corrected chi connectivity index (χ2v) is 8.15. The molecule has 32 heavy (non-hydrogen) atoms. The lowest BCUT2D eigenvalue weighted by molar-refractivity contribution is 0.0598. The number of aryl methyl sites for hydroxylation is 1. The second-order valence-electron chi connectivity index (χ2n) is 8.15. The van der Waals surface area contributed by atoms with E-state index in [0.29, 0.717) is 12.4 Å². The monoisotopic (exact) mass is 442 g/mol. The Morgan fingerprint density at radius 2 is 1.91 bits per heavy atom. The number of methoxy groups -OCH3 is 2. The molecule has 0 saturated heterocycles. The van der Waals surface area contributed by atoms with E-state index in [4.69, 9.17) is 19.9 Å². The van der Waals surface area contributed by atoms with E-state index in [9.17, 15) is 9.59 Å². The first-order valence-corrected chi connectivity index (χ1v) is 11.4. The van der Waals surface area contributed by atoms with E-state index in [0.717, 1.165) is 74.1 Å². The van der Waals surface area contributed by atoms with E-state index in [1.165, 1.54) is 13.2 Å². The Hall–Kier alpha value is -2.80. The van der Waals surface area contributed by atoms with E-state index in [-0.39, 0.29) is 17.0 Å². The Balaban J connectivity index is 1.97. The van der Waals surface area contributed by atoms with Crippen LogP contribution in [0.25, 0.3) is 11.3 Å². The molecule has 1 aromatic heterocycles. The largest absolute Gasteiger partial charge is 0.493 e. The van der Waals surface area contributed by atoms with Gasteiger partial charge in [-0.25, -0.2) is 4.79 Å². The Morgan fingerprint density at radius 3 is 2.59 bits per heavy atom. The summed E-state index contributed by atoms with van der Waals surface area (Å²) in [6, 6.07) is 5.69. The molecule has 174 valence electrons. The van der Waals surface area contributed by atoms with Crippen LogP contribution in [0, 0.1) is 0 Å². The minimum atomic E-state index is -0.614. The van der Waals surface area contributed by atoms with Crippen molar-refractivity contribution < 1.29 is 19.0 Å². The Labute approximate surface area is 189 Å². The van der Waals surface area contributed by atoms with Crippen molar-refractivity contribution >= 4 is 5.97 Å². The molecule has 2 heterocycles. The number of carbonyl (C=O) groups excluding carboxylic acids is 1. The quantitative estimate of drug-likeness (QED) is 0.440. The van der Waals surface area contributed by atoms with Gasteiger partial charge in [-0.05, 0) is 56.3 Å². The second kappa shape index (κ2) is 11.2. The zero-order valence-corrected chi connectivity index (χ0v) is 19.3. The van der Waals surface area contributed by atoms with Crippen molar-refractivity contribution in [2.24, 2.45) is 5.73 Å². The van der Waals surface area contributed by atoms with Crippen molar-refractivity contribution in [2.75, 3.05) is 27.4 Å². The molecule has 0 amide bonds. The summed E-state index contributed by atoms with van der Waals surface area (Å²) in [5.41, 5.74) is 8.09. The van der Waals surface area contributed by atoms with Crippen LogP contribution in [0.5, 0.6) is 11.5 Å². The van der Waals surface area contributed by atoms with E-state index in [1.54, 1.807) is 13.3 Å². The van der Waals surface area contributed by atoms with Gasteiger partial charge in [0.15, 0.2) is 16.9 Å². The van der Waals surface area contributed by atoms with E-state index >= 15 is 0 Å². The number of hydrogen-bond acceptors (Lipinski definition) is 6. The van der Waals surface area contributed by atoms with Gasteiger partial charge in [-0.15, -0.1) is 0 Å². The van der Waals surface area contributed by atoms with Gasteiger partial charge in [-0.1, -0.05) is 19.8 Å². The van der Waals surface area contributed by atoms with Gasteiger partial charge >= 0.3 is 5.97 Å². The molecule has 0 radical (unpaired) electrons. The number of nitrogens with zero attached hydrogens (tertiary/aromatic N) is 1. The van der Waals surface area contributed by atoms with Crippen LogP contribution in [-0.2, 0) is 11.2 Å². The lowest BCUT2D eigenvalue weighted by atomic mass is 9.99. The van der Waals surface area contributed by atoms with Gasteiger partial charge in [0.25, 0.3) is 0 Å². The van der Waals surface area contributed by atoms with E-state index in [2.05, 4.69) is 6.92 Å². The van der Waals surface area contributed by atoms with E-state index < -0.39 is 5.97 Å². The van der Waals surface area contributed by atoms with Crippen LogP contribution in [0.3, 0.4) is 0 Å². The summed E-state index contributed by atoms with van der Waals surface area (Å²) in [7, 11) is 2.91. The molecule has 0 bridgehead atoms. The average Bonchev–Trinajstić information content (AvgIpc) is 2.95. The molecule has 1 atom stereocenters. The maximum absolute atomic E-state index is 12.7. The highest BCUT2D eigenvalue weighted by atomic mass is 16.5. The lowest BCUT2D eigenvalue weighted by Gasteiger charge is -2.21. The van der Waals surface area contributed by atoms with Crippen LogP contribution < -0.4 is 20.6 Å². The SMILES string of the molecule is CCC1CCc2cc(OCCCCCCN)c(OC)cc2-c2cc(=O)c(C(=O)OC)cn21. The Bertz CT molecular complexity index is 999. The molecule has 2 aromatic rings. The van der Waals surface area contributed by atoms with Gasteiger partial charge in [0.05, 0.1) is 26.5 Å². The number of rotatable bonds is 10. The first-order chi connectivity index (χ1) is 15.5. The summed E-state index contributed by atoms with van der Waals surface area (Å²) < 4.78 is 18.5. The number of hydrogen-bond donors (Lipinski definition) is 1. The zero-order chi connectivity index (χ0) is 23.1. The summed E-state index contributed by atoms with van der Waals surface area (Å²) in [6.45, 7) is 3.46. The fourth-order valence-corrected chi connectivity index (χ4v) is 4.29. The maximum atomic E-state index is 12.7. The van der Waals surface area contributed by atoms with Gasteiger partial charge in [-0.3, -0.25) is 4.79 Å².